The van der Waals surface area contributed by atoms with Crippen molar-refractivity contribution in [1.82, 2.24) is 24.9 Å². The second-order valence-electron chi connectivity index (χ2n) is 4.39. The molecule has 98 valence electrons. The predicted molar refractivity (Wildman–Crippen MR) is 71.3 cm³/mol. The van der Waals surface area contributed by atoms with Gasteiger partial charge >= 0.3 is 0 Å². The molecule has 0 radical (unpaired) electrons. The SMILES string of the molecule is CCNCc1ccn(Cc2cc(CC)nn2C)n1. The second-order valence-corrected chi connectivity index (χ2v) is 4.39. The standard InChI is InChI=1S/C13H21N5/c1-4-11-8-13(17(3)15-11)10-18-7-6-12(16-18)9-14-5-2/h6-8,14H,4-5,9-10H2,1-3H3. The molecule has 5 heteroatoms. The molecule has 0 aromatic carbocycles. The number of aryl methyl sites for hydroxylation is 2. The Morgan fingerprint density at radius 2 is 2.06 bits per heavy atom. The lowest BCUT2D eigenvalue weighted by atomic mass is 10.3. The van der Waals surface area contributed by atoms with E-state index in [0.29, 0.717) is 0 Å². The highest BCUT2D eigenvalue weighted by atomic mass is 15.3. The molecular formula is C13H21N5. The average molecular weight is 247 g/mol. The van der Waals surface area contributed by atoms with Crippen molar-refractivity contribution in [3.63, 3.8) is 0 Å². The average Bonchev–Trinajstić information content (AvgIpc) is 2.95. The number of rotatable bonds is 6. The smallest absolute Gasteiger partial charge is 0.0828 e. The lowest BCUT2D eigenvalue weighted by Gasteiger charge is -2.02. The Morgan fingerprint density at radius 3 is 2.72 bits per heavy atom. The molecule has 0 fully saturated rings. The minimum atomic E-state index is 0.773. The van der Waals surface area contributed by atoms with Crippen LogP contribution in [0.5, 0.6) is 0 Å². The fraction of sp³-hybridized carbons (Fsp3) is 0.538. The van der Waals surface area contributed by atoms with Crippen molar-refractivity contribution in [2.75, 3.05) is 6.54 Å². The maximum Gasteiger partial charge on any atom is 0.0828 e. The molecule has 0 spiro atoms. The lowest BCUT2D eigenvalue weighted by molar-refractivity contribution is 0.602. The van der Waals surface area contributed by atoms with Crippen LogP contribution in [-0.2, 0) is 26.6 Å². The molecule has 0 aliphatic heterocycles. The molecule has 0 bridgehead atoms. The van der Waals surface area contributed by atoms with E-state index in [9.17, 15) is 0 Å². The Kier molecular flexibility index (Phi) is 4.15. The van der Waals surface area contributed by atoms with Crippen molar-refractivity contribution in [3.8, 4) is 0 Å². The molecule has 2 rings (SSSR count). The molecule has 5 nitrogen and oxygen atoms in total. The topological polar surface area (TPSA) is 47.7 Å². The van der Waals surface area contributed by atoms with Crippen molar-refractivity contribution in [2.24, 2.45) is 7.05 Å². The van der Waals surface area contributed by atoms with Gasteiger partial charge in [-0.1, -0.05) is 13.8 Å². The third-order valence-corrected chi connectivity index (χ3v) is 2.97. The Morgan fingerprint density at radius 1 is 1.22 bits per heavy atom. The minimum absolute atomic E-state index is 0.773. The van der Waals surface area contributed by atoms with Crippen LogP contribution in [0.4, 0.5) is 0 Å². The summed E-state index contributed by atoms with van der Waals surface area (Å²) < 4.78 is 3.90. The summed E-state index contributed by atoms with van der Waals surface area (Å²) in [6, 6.07) is 4.20. The number of hydrogen-bond acceptors (Lipinski definition) is 3. The highest BCUT2D eigenvalue weighted by Crippen LogP contribution is 2.06. The summed E-state index contributed by atoms with van der Waals surface area (Å²) in [5, 5.41) is 12.3. The number of nitrogens with one attached hydrogen (secondary N) is 1. The zero-order valence-corrected chi connectivity index (χ0v) is 11.3. The third kappa shape index (κ3) is 2.98. The summed E-state index contributed by atoms with van der Waals surface area (Å²) >= 11 is 0. The van der Waals surface area contributed by atoms with Crippen LogP contribution in [0.2, 0.25) is 0 Å². The van der Waals surface area contributed by atoms with Gasteiger partial charge < -0.3 is 5.32 Å². The fourth-order valence-electron chi connectivity index (χ4n) is 1.90. The van der Waals surface area contributed by atoms with Crippen LogP contribution in [0.1, 0.15) is 30.9 Å². The molecule has 0 saturated carbocycles. The van der Waals surface area contributed by atoms with Gasteiger partial charge in [0.1, 0.15) is 0 Å². The quantitative estimate of drug-likeness (QED) is 0.838. The van der Waals surface area contributed by atoms with Gasteiger partial charge in [0.05, 0.1) is 23.6 Å². The van der Waals surface area contributed by atoms with E-state index in [0.717, 1.165) is 37.4 Å². The van der Waals surface area contributed by atoms with Crippen LogP contribution in [0.15, 0.2) is 18.3 Å². The third-order valence-electron chi connectivity index (χ3n) is 2.97. The van der Waals surface area contributed by atoms with E-state index in [2.05, 4.69) is 41.5 Å². The molecule has 2 aromatic heterocycles. The van der Waals surface area contributed by atoms with E-state index in [-0.39, 0.29) is 0 Å². The van der Waals surface area contributed by atoms with Crippen LogP contribution >= 0.6 is 0 Å². The molecule has 1 N–H and O–H groups in total. The Labute approximate surface area is 108 Å². The van der Waals surface area contributed by atoms with Crippen molar-refractivity contribution in [3.05, 3.63) is 35.4 Å². The van der Waals surface area contributed by atoms with E-state index in [4.69, 9.17) is 0 Å². The number of hydrogen-bond donors (Lipinski definition) is 1. The molecule has 0 saturated heterocycles. The molecule has 0 unspecified atom stereocenters. The maximum atomic E-state index is 4.53. The van der Waals surface area contributed by atoms with E-state index in [1.807, 2.05) is 22.6 Å². The van der Waals surface area contributed by atoms with Gasteiger partial charge in [0, 0.05) is 19.8 Å². The summed E-state index contributed by atoms with van der Waals surface area (Å²) in [5.41, 5.74) is 3.40. The molecule has 0 aliphatic carbocycles. The summed E-state index contributed by atoms with van der Waals surface area (Å²) in [6.07, 6.45) is 2.99. The van der Waals surface area contributed by atoms with Gasteiger partial charge in [-0.15, -0.1) is 0 Å². The van der Waals surface area contributed by atoms with Crippen molar-refractivity contribution in [2.45, 2.75) is 33.4 Å². The largest absolute Gasteiger partial charge is 0.311 e. The van der Waals surface area contributed by atoms with E-state index in [1.165, 1.54) is 5.69 Å². The summed E-state index contributed by atoms with van der Waals surface area (Å²) in [6.45, 7) is 6.78. The fourth-order valence-corrected chi connectivity index (χ4v) is 1.90. The minimum Gasteiger partial charge on any atom is -0.311 e. The first-order valence-corrected chi connectivity index (χ1v) is 6.47. The summed E-state index contributed by atoms with van der Waals surface area (Å²) in [7, 11) is 1.98. The van der Waals surface area contributed by atoms with Gasteiger partial charge in [-0.25, -0.2) is 0 Å². The van der Waals surface area contributed by atoms with Crippen molar-refractivity contribution in [1.29, 1.82) is 0 Å². The van der Waals surface area contributed by atoms with E-state index < -0.39 is 0 Å². The normalized spacial score (nSPS) is 11.1. The first kappa shape index (κ1) is 12.8. The van der Waals surface area contributed by atoms with Crippen LogP contribution < -0.4 is 5.32 Å². The molecule has 2 heterocycles. The van der Waals surface area contributed by atoms with Gasteiger partial charge in [-0.3, -0.25) is 9.36 Å². The molecule has 2 aromatic rings. The molecular weight excluding hydrogens is 226 g/mol. The zero-order valence-electron chi connectivity index (χ0n) is 11.3. The number of nitrogens with zero attached hydrogens (tertiary/aromatic N) is 4. The zero-order chi connectivity index (χ0) is 13.0. The first-order valence-electron chi connectivity index (χ1n) is 6.47. The van der Waals surface area contributed by atoms with Gasteiger partial charge in [0.15, 0.2) is 0 Å². The highest BCUT2D eigenvalue weighted by molar-refractivity contribution is 5.11. The molecule has 0 amide bonds. The van der Waals surface area contributed by atoms with E-state index >= 15 is 0 Å². The highest BCUT2D eigenvalue weighted by Gasteiger charge is 2.05. The first-order chi connectivity index (χ1) is 8.72. The monoisotopic (exact) mass is 247 g/mol. The van der Waals surface area contributed by atoms with Gasteiger partial charge in [-0.2, -0.15) is 10.2 Å². The van der Waals surface area contributed by atoms with E-state index in [1.54, 1.807) is 0 Å². The van der Waals surface area contributed by atoms with Gasteiger partial charge in [-0.05, 0) is 25.1 Å². The second kappa shape index (κ2) is 5.82. The van der Waals surface area contributed by atoms with Crippen LogP contribution in [0.25, 0.3) is 0 Å². The molecule has 0 aliphatic rings. The van der Waals surface area contributed by atoms with Gasteiger partial charge in [0.2, 0.25) is 0 Å². The molecule has 18 heavy (non-hydrogen) atoms. The van der Waals surface area contributed by atoms with Crippen molar-refractivity contribution < 1.29 is 0 Å². The van der Waals surface area contributed by atoms with Crippen LogP contribution in [0, 0.1) is 0 Å². The Bertz CT molecular complexity index is 497. The summed E-state index contributed by atoms with van der Waals surface area (Å²) in [4.78, 5) is 0. The van der Waals surface area contributed by atoms with Gasteiger partial charge in [0.25, 0.3) is 0 Å². The lowest BCUT2D eigenvalue weighted by Crippen LogP contribution is -2.13. The van der Waals surface area contributed by atoms with Crippen LogP contribution in [0.3, 0.4) is 0 Å². The number of aromatic nitrogens is 4. The van der Waals surface area contributed by atoms with Crippen molar-refractivity contribution >= 4 is 0 Å². The molecule has 0 atom stereocenters. The Balaban J connectivity index is 2.04. The predicted octanol–water partition coefficient (Wildman–Crippen LogP) is 1.34. The summed E-state index contributed by atoms with van der Waals surface area (Å²) in [5.74, 6) is 0. The Hall–Kier alpha value is -1.62. The van der Waals surface area contributed by atoms with Crippen LogP contribution in [-0.4, -0.2) is 26.1 Å². The maximum absolute atomic E-state index is 4.53.